The van der Waals surface area contributed by atoms with Crippen LogP contribution in [0.25, 0.3) is 0 Å². The van der Waals surface area contributed by atoms with Crippen LogP contribution in [0, 0.1) is 17.8 Å². The van der Waals surface area contributed by atoms with Gasteiger partial charge in [-0.25, -0.2) is 15.0 Å². The highest BCUT2D eigenvalue weighted by Crippen LogP contribution is 2.49. The normalized spacial score (nSPS) is 23.3. The Bertz CT molecular complexity index is 937. The molecule has 1 aromatic heterocycles. The number of rotatable bonds is 6. The predicted octanol–water partition coefficient (Wildman–Crippen LogP) is 4.06. The van der Waals surface area contributed by atoms with Crippen molar-refractivity contribution in [3.05, 3.63) is 46.7 Å². The van der Waals surface area contributed by atoms with Crippen molar-refractivity contribution in [1.29, 1.82) is 0 Å². The quantitative estimate of drug-likeness (QED) is 0.779. The van der Waals surface area contributed by atoms with Crippen LogP contribution in [-0.4, -0.2) is 41.7 Å². The van der Waals surface area contributed by atoms with Crippen molar-refractivity contribution in [3.63, 3.8) is 0 Å². The summed E-state index contributed by atoms with van der Waals surface area (Å²) in [5.74, 6) is 3.19. The fourth-order valence-corrected chi connectivity index (χ4v) is 4.85. The number of fused-ring (bicyclic) bond motifs is 1. The summed E-state index contributed by atoms with van der Waals surface area (Å²) >= 11 is 5.88. The molecule has 1 amide bonds. The minimum atomic E-state index is -0.138. The Kier molecular flexibility index (Phi) is 4.96. The fourth-order valence-electron chi connectivity index (χ4n) is 4.75. The van der Waals surface area contributed by atoms with E-state index in [4.69, 9.17) is 11.6 Å². The molecule has 0 spiro atoms. The van der Waals surface area contributed by atoms with E-state index in [1.54, 1.807) is 18.6 Å². The highest BCUT2D eigenvalue weighted by molar-refractivity contribution is 6.30. The second kappa shape index (κ2) is 7.75. The molecule has 1 aliphatic carbocycles. The van der Waals surface area contributed by atoms with E-state index in [1.165, 1.54) is 25.7 Å². The maximum Gasteiger partial charge on any atom is 0.277 e. The van der Waals surface area contributed by atoms with E-state index in [-0.39, 0.29) is 5.91 Å². The van der Waals surface area contributed by atoms with E-state index >= 15 is 0 Å². The van der Waals surface area contributed by atoms with Gasteiger partial charge in [-0.3, -0.25) is 4.79 Å². The molecule has 0 unspecified atom stereocenters. The van der Waals surface area contributed by atoms with Gasteiger partial charge in [0.2, 0.25) is 5.95 Å². The lowest BCUT2D eigenvalue weighted by molar-refractivity contribution is 0.101. The molecule has 1 aromatic carbocycles. The highest BCUT2D eigenvalue weighted by atomic mass is 35.5. The van der Waals surface area contributed by atoms with Gasteiger partial charge in [-0.1, -0.05) is 11.6 Å². The molecule has 150 valence electrons. The average Bonchev–Trinajstić information content (AvgIpc) is 3.43. The zero-order chi connectivity index (χ0) is 19.8. The first-order valence-electron chi connectivity index (χ1n) is 10.4. The minimum Gasteiger partial charge on any atom is -0.385 e. The number of carbonyl (C=O) groups is 1. The second-order valence-electron chi connectivity index (χ2n) is 8.27. The lowest BCUT2D eigenvalue weighted by Gasteiger charge is -2.32. The van der Waals surface area contributed by atoms with Crippen LogP contribution in [-0.2, 0) is 0 Å². The van der Waals surface area contributed by atoms with Gasteiger partial charge in [-0.05, 0) is 61.6 Å². The Morgan fingerprint density at radius 1 is 1.17 bits per heavy atom. The molecule has 3 aliphatic rings. The SMILES string of the molecule is O=C1N=Cc2cc(NCC[C@@H]3C[C@@H]3C3CCN(c4ncc(Cl)cn4)CC3)ccc21. The van der Waals surface area contributed by atoms with Crippen LogP contribution >= 0.6 is 11.6 Å². The van der Waals surface area contributed by atoms with Gasteiger partial charge in [0.25, 0.3) is 5.91 Å². The van der Waals surface area contributed by atoms with Crippen LogP contribution in [0.1, 0.15) is 41.6 Å². The van der Waals surface area contributed by atoms with Crippen LogP contribution in [0.3, 0.4) is 0 Å². The smallest absolute Gasteiger partial charge is 0.277 e. The molecular weight excluding hydrogens is 386 g/mol. The molecule has 2 aromatic rings. The predicted molar refractivity (Wildman–Crippen MR) is 115 cm³/mol. The molecule has 2 aliphatic heterocycles. The highest BCUT2D eigenvalue weighted by Gasteiger charge is 2.43. The van der Waals surface area contributed by atoms with E-state index in [0.29, 0.717) is 10.6 Å². The first kappa shape index (κ1) is 18.6. The second-order valence-corrected chi connectivity index (χ2v) is 8.70. The zero-order valence-electron chi connectivity index (χ0n) is 16.2. The minimum absolute atomic E-state index is 0.138. The number of carbonyl (C=O) groups excluding carboxylic acids is 1. The molecule has 6 nitrogen and oxygen atoms in total. The third kappa shape index (κ3) is 3.99. The molecule has 7 heteroatoms. The number of aromatic nitrogens is 2. The number of hydrogen-bond donors (Lipinski definition) is 1. The molecule has 0 radical (unpaired) electrons. The summed E-state index contributed by atoms with van der Waals surface area (Å²) in [5, 5.41) is 4.09. The van der Waals surface area contributed by atoms with Crippen molar-refractivity contribution in [2.75, 3.05) is 29.9 Å². The first-order chi connectivity index (χ1) is 14.2. The first-order valence-corrected chi connectivity index (χ1v) is 10.7. The molecule has 2 fully saturated rings. The summed E-state index contributed by atoms with van der Waals surface area (Å²) < 4.78 is 0. The van der Waals surface area contributed by atoms with Gasteiger partial charge in [0.05, 0.1) is 23.0 Å². The lowest BCUT2D eigenvalue weighted by atomic mass is 9.90. The number of amides is 1. The Morgan fingerprint density at radius 3 is 2.76 bits per heavy atom. The number of benzene rings is 1. The Balaban J connectivity index is 1.06. The molecule has 5 rings (SSSR count). The van der Waals surface area contributed by atoms with Crippen LogP contribution in [0.5, 0.6) is 0 Å². The number of aliphatic imine (C=N–C) groups is 1. The third-order valence-corrected chi connectivity index (χ3v) is 6.65. The van der Waals surface area contributed by atoms with E-state index in [0.717, 1.165) is 54.6 Å². The summed E-state index contributed by atoms with van der Waals surface area (Å²) in [6.45, 7) is 3.04. The maximum atomic E-state index is 11.6. The van der Waals surface area contributed by atoms with Crippen LogP contribution < -0.4 is 10.2 Å². The lowest BCUT2D eigenvalue weighted by Crippen LogP contribution is -2.35. The third-order valence-electron chi connectivity index (χ3n) is 6.46. The van der Waals surface area contributed by atoms with E-state index < -0.39 is 0 Å². The van der Waals surface area contributed by atoms with Crippen molar-refractivity contribution in [3.8, 4) is 0 Å². The number of nitrogens with zero attached hydrogens (tertiary/aromatic N) is 4. The van der Waals surface area contributed by atoms with Gasteiger partial charge >= 0.3 is 0 Å². The fraction of sp³-hybridized carbons (Fsp3) is 0.455. The largest absolute Gasteiger partial charge is 0.385 e. The summed E-state index contributed by atoms with van der Waals surface area (Å²) in [6, 6.07) is 5.86. The van der Waals surface area contributed by atoms with Gasteiger partial charge in [-0.15, -0.1) is 0 Å². The monoisotopic (exact) mass is 409 g/mol. The zero-order valence-corrected chi connectivity index (χ0v) is 17.0. The number of halogens is 1. The summed E-state index contributed by atoms with van der Waals surface area (Å²) in [4.78, 5) is 26.4. The molecule has 1 N–H and O–H groups in total. The number of anilines is 2. The molecule has 3 heterocycles. The van der Waals surface area contributed by atoms with Gasteiger partial charge in [-0.2, -0.15) is 0 Å². The van der Waals surface area contributed by atoms with E-state index in [1.807, 2.05) is 18.2 Å². The standard InChI is InChI=1S/C22H24ClN5O/c23-17-12-26-22(27-13-17)28-7-4-14(5-8-28)20-10-15(20)3-6-24-18-1-2-19-16(9-18)11-25-21(19)29/h1-2,9,11-15,20,24H,3-8,10H2/t15-,20-/m1/s1. The summed E-state index contributed by atoms with van der Waals surface area (Å²) in [5.41, 5.74) is 2.69. The summed E-state index contributed by atoms with van der Waals surface area (Å²) in [6.07, 6.45) is 10.0. The Hall–Kier alpha value is -2.47. The van der Waals surface area contributed by atoms with E-state index in [2.05, 4.69) is 25.2 Å². The van der Waals surface area contributed by atoms with Gasteiger partial charge in [0.1, 0.15) is 0 Å². The molecule has 1 saturated heterocycles. The topological polar surface area (TPSA) is 70.5 Å². The number of nitrogens with one attached hydrogen (secondary N) is 1. The van der Waals surface area contributed by atoms with Gasteiger partial charge < -0.3 is 10.2 Å². The van der Waals surface area contributed by atoms with Crippen LogP contribution in [0.2, 0.25) is 5.02 Å². The summed E-state index contributed by atoms with van der Waals surface area (Å²) in [7, 11) is 0. The molecule has 1 saturated carbocycles. The van der Waals surface area contributed by atoms with Crippen molar-refractivity contribution >= 4 is 35.4 Å². The van der Waals surface area contributed by atoms with Crippen molar-refractivity contribution in [1.82, 2.24) is 9.97 Å². The number of piperidine rings is 1. The molecule has 2 atom stereocenters. The average molecular weight is 410 g/mol. The Labute approximate surface area is 175 Å². The van der Waals surface area contributed by atoms with Crippen molar-refractivity contribution < 1.29 is 4.79 Å². The van der Waals surface area contributed by atoms with Gasteiger partial charge in [0, 0.05) is 37.1 Å². The maximum absolute atomic E-state index is 11.6. The van der Waals surface area contributed by atoms with Crippen molar-refractivity contribution in [2.45, 2.75) is 25.7 Å². The van der Waals surface area contributed by atoms with Crippen LogP contribution in [0.4, 0.5) is 11.6 Å². The number of hydrogen-bond acceptors (Lipinski definition) is 5. The Morgan fingerprint density at radius 2 is 1.97 bits per heavy atom. The molecular formula is C22H24ClN5O. The molecule has 0 bridgehead atoms. The van der Waals surface area contributed by atoms with Crippen LogP contribution in [0.15, 0.2) is 35.6 Å². The molecule has 29 heavy (non-hydrogen) atoms. The van der Waals surface area contributed by atoms with Gasteiger partial charge in [0.15, 0.2) is 0 Å². The van der Waals surface area contributed by atoms with E-state index in [9.17, 15) is 4.79 Å². The van der Waals surface area contributed by atoms with Crippen molar-refractivity contribution in [2.24, 2.45) is 22.7 Å².